The van der Waals surface area contributed by atoms with E-state index in [1.54, 1.807) is 17.6 Å². The molecule has 1 aliphatic rings. The van der Waals surface area contributed by atoms with Crippen molar-refractivity contribution in [3.8, 4) is 5.75 Å². The van der Waals surface area contributed by atoms with Gasteiger partial charge in [0.2, 0.25) is 0 Å². The zero-order valence-electron chi connectivity index (χ0n) is 12.3. The minimum absolute atomic E-state index is 0.964. The van der Waals surface area contributed by atoms with E-state index in [0.29, 0.717) is 0 Å². The van der Waals surface area contributed by atoms with Crippen LogP contribution in [-0.4, -0.2) is 32.1 Å². The van der Waals surface area contributed by atoms with Gasteiger partial charge in [0.05, 0.1) is 7.11 Å². The monoisotopic (exact) mass is 277 g/mol. The molecule has 0 aliphatic carbocycles. The summed E-state index contributed by atoms with van der Waals surface area (Å²) in [4.78, 5) is 3.99. The summed E-state index contributed by atoms with van der Waals surface area (Å²) >= 11 is 1.94. The molecule has 1 aliphatic heterocycles. The van der Waals surface area contributed by atoms with Crippen LogP contribution in [-0.2, 0) is 12.8 Å². The third kappa shape index (κ3) is 2.93. The summed E-state index contributed by atoms with van der Waals surface area (Å²) < 4.78 is 6.67. The Hall–Kier alpha value is -1.06. The lowest BCUT2D eigenvalue weighted by atomic mass is 10.1. The van der Waals surface area contributed by atoms with Crippen LogP contribution in [0.5, 0.6) is 5.75 Å². The molecule has 0 fully saturated rings. The van der Waals surface area contributed by atoms with Crippen molar-refractivity contribution in [2.24, 2.45) is 0 Å². The molecule has 104 valence electrons. The van der Waals surface area contributed by atoms with Crippen molar-refractivity contribution in [1.29, 1.82) is 0 Å². The van der Waals surface area contributed by atoms with Crippen LogP contribution in [0.1, 0.15) is 24.3 Å². The van der Waals surface area contributed by atoms with E-state index in [-0.39, 0.29) is 0 Å². The number of likely N-dealkylation sites (N-methyl/N-ethyl adjacent to an activating group) is 1. The Labute approximate surface area is 120 Å². The van der Waals surface area contributed by atoms with Crippen LogP contribution in [0.3, 0.4) is 0 Å². The second-order valence-electron chi connectivity index (χ2n) is 4.67. The second-order valence-corrected chi connectivity index (χ2v) is 5.81. The molecule has 0 saturated carbocycles. The minimum Gasteiger partial charge on any atom is -0.497 e. The maximum atomic E-state index is 5.29. The highest BCUT2D eigenvalue weighted by Gasteiger charge is 2.16. The van der Waals surface area contributed by atoms with Gasteiger partial charge in [-0.25, -0.2) is 0 Å². The maximum Gasteiger partial charge on any atom is 0.120 e. The van der Waals surface area contributed by atoms with E-state index in [4.69, 9.17) is 4.74 Å². The zero-order chi connectivity index (χ0) is 13.8. The SMILES string of the molecule is CC.COc1ccc2c3c(sc2c1)CCN(C)CC3. The summed E-state index contributed by atoms with van der Waals surface area (Å²) in [6.45, 7) is 6.35. The molecule has 3 heteroatoms. The van der Waals surface area contributed by atoms with Gasteiger partial charge in [-0.1, -0.05) is 13.8 Å². The van der Waals surface area contributed by atoms with E-state index in [1.165, 1.54) is 36.0 Å². The highest BCUT2D eigenvalue weighted by Crippen LogP contribution is 2.35. The fourth-order valence-electron chi connectivity index (χ4n) is 2.49. The Balaban J connectivity index is 0.000000637. The van der Waals surface area contributed by atoms with E-state index in [9.17, 15) is 0 Å². The quantitative estimate of drug-likeness (QED) is 0.782. The first-order valence-corrected chi connectivity index (χ1v) is 7.86. The van der Waals surface area contributed by atoms with Crippen LogP contribution in [0.4, 0.5) is 0 Å². The van der Waals surface area contributed by atoms with Gasteiger partial charge in [-0.3, -0.25) is 0 Å². The normalized spacial score (nSPS) is 15.4. The van der Waals surface area contributed by atoms with Gasteiger partial charge in [0.25, 0.3) is 0 Å². The third-order valence-electron chi connectivity index (χ3n) is 3.55. The average Bonchev–Trinajstić information content (AvgIpc) is 2.71. The molecule has 2 aromatic rings. The predicted molar refractivity (Wildman–Crippen MR) is 84.6 cm³/mol. The van der Waals surface area contributed by atoms with E-state index in [2.05, 4.69) is 30.1 Å². The molecule has 2 heterocycles. The number of benzene rings is 1. The first-order chi connectivity index (χ1) is 9.28. The lowest BCUT2D eigenvalue weighted by molar-refractivity contribution is 0.353. The minimum atomic E-state index is 0.964. The summed E-state index contributed by atoms with van der Waals surface area (Å²) in [6.07, 6.45) is 2.37. The number of hydrogen-bond acceptors (Lipinski definition) is 3. The summed E-state index contributed by atoms with van der Waals surface area (Å²) in [7, 11) is 3.94. The standard InChI is InChI=1S/C14H17NOS.C2H6/c1-15-7-5-12-11-4-3-10(16-2)9-14(11)17-13(12)6-8-15;1-2/h3-4,9H,5-8H2,1-2H3;1-2H3. The van der Waals surface area contributed by atoms with Gasteiger partial charge in [0, 0.05) is 22.7 Å². The van der Waals surface area contributed by atoms with Crippen molar-refractivity contribution in [2.75, 3.05) is 27.2 Å². The molecule has 0 bridgehead atoms. The summed E-state index contributed by atoms with van der Waals surface area (Å²) in [6, 6.07) is 6.46. The van der Waals surface area contributed by atoms with Gasteiger partial charge in [-0.15, -0.1) is 11.3 Å². The van der Waals surface area contributed by atoms with Crippen molar-refractivity contribution in [2.45, 2.75) is 26.7 Å². The van der Waals surface area contributed by atoms with Crippen LogP contribution >= 0.6 is 11.3 Å². The molecule has 0 saturated heterocycles. The summed E-state index contributed by atoms with van der Waals surface area (Å²) in [5, 5.41) is 1.43. The fourth-order valence-corrected chi connectivity index (χ4v) is 3.76. The topological polar surface area (TPSA) is 12.5 Å². The molecule has 0 spiro atoms. The molecule has 2 nitrogen and oxygen atoms in total. The fraction of sp³-hybridized carbons (Fsp3) is 0.500. The highest BCUT2D eigenvalue weighted by atomic mass is 32.1. The number of methoxy groups -OCH3 is 1. The predicted octanol–water partition coefficient (Wildman–Crippen LogP) is 3.97. The van der Waals surface area contributed by atoms with E-state index in [1.807, 2.05) is 25.2 Å². The molecule has 0 atom stereocenters. The van der Waals surface area contributed by atoms with E-state index in [0.717, 1.165) is 5.75 Å². The van der Waals surface area contributed by atoms with Gasteiger partial charge in [-0.2, -0.15) is 0 Å². The van der Waals surface area contributed by atoms with Gasteiger partial charge in [-0.05, 0) is 49.0 Å². The second kappa shape index (κ2) is 6.40. The number of rotatable bonds is 1. The van der Waals surface area contributed by atoms with Crippen molar-refractivity contribution in [3.05, 3.63) is 28.6 Å². The van der Waals surface area contributed by atoms with Gasteiger partial charge in [0.1, 0.15) is 5.75 Å². The summed E-state index contributed by atoms with van der Waals surface area (Å²) in [5.74, 6) is 0.964. The van der Waals surface area contributed by atoms with Gasteiger partial charge in [0.15, 0.2) is 0 Å². The molecular formula is C16H23NOS. The van der Waals surface area contributed by atoms with E-state index >= 15 is 0 Å². The average molecular weight is 277 g/mol. The van der Waals surface area contributed by atoms with Crippen LogP contribution in [0.15, 0.2) is 18.2 Å². The zero-order valence-corrected chi connectivity index (χ0v) is 13.1. The van der Waals surface area contributed by atoms with Crippen LogP contribution in [0, 0.1) is 0 Å². The molecule has 0 N–H and O–H groups in total. The number of ether oxygens (including phenoxy) is 1. The Morgan fingerprint density at radius 3 is 2.63 bits per heavy atom. The number of nitrogens with zero attached hydrogens (tertiary/aromatic N) is 1. The van der Waals surface area contributed by atoms with Crippen molar-refractivity contribution in [3.63, 3.8) is 0 Å². The molecule has 19 heavy (non-hydrogen) atoms. The first kappa shape index (κ1) is 14.4. The maximum absolute atomic E-state index is 5.29. The Kier molecular flexibility index (Phi) is 4.83. The van der Waals surface area contributed by atoms with Crippen LogP contribution in [0.25, 0.3) is 10.1 Å². The first-order valence-electron chi connectivity index (χ1n) is 7.05. The lowest BCUT2D eigenvalue weighted by Gasteiger charge is -2.11. The molecule has 0 radical (unpaired) electrons. The lowest BCUT2D eigenvalue weighted by Crippen LogP contribution is -2.20. The number of fused-ring (bicyclic) bond motifs is 3. The molecule has 3 rings (SSSR count). The van der Waals surface area contributed by atoms with Crippen molar-refractivity contribution < 1.29 is 4.74 Å². The Morgan fingerprint density at radius 1 is 1.16 bits per heavy atom. The number of hydrogen-bond donors (Lipinski definition) is 0. The number of thiophene rings is 1. The molecule has 1 aromatic carbocycles. The largest absolute Gasteiger partial charge is 0.497 e. The van der Waals surface area contributed by atoms with Crippen LogP contribution < -0.4 is 4.74 Å². The molecule has 1 aromatic heterocycles. The van der Waals surface area contributed by atoms with Crippen LogP contribution in [0.2, 0.25) is 0 Å². The highest BCUT2D eigenvalue weighted by molar-refractivity contribution is 7.19. The smallest absolute Gasteiger partial charge is 0.120 e. The van der Waals surface area contributed by atoms with Gasteiger partial charge < -0.3 is 9.64 Å². The Morgan fingerprint density at radius 2 is 1.89 bits per heavy atom. The third-order valence-corrected chi connectivity index (χ3v) is 4.80. The Bertz CT molecular complexity index is 547. The molecule has 0 amide bonds. The van der Waals surface area contributed by atoms with Gasteiger partial charge >= 0.3 is 0 Å². The van der Waals surface area contributed by atoms with Crippen molar-refractivity contribution in [1.82, 2.24) is 4.90 Å². The molecular weight excluding hydrogens is 254 g/mol. The van der Waals surface area contributed by atoms with E-state index < -0.39 is 0 Å². The summed E-state index contributed by atoms with van der Waals surface area (Å²) in [5.41, 5.74) is 1.57. The van der Waals surface area contributed by atoms with Crippen molar-refractivity contribution >= 4 is 21.4 Å². The molecule has 0 unspecified atom stereocenters.